The highest BCUT2D eigenvalue weighted by Gasteiger charge is 2.15. The van der Waals surface area contributed by atoms with Crippen LogP contribution in [0.2, 0.25) is 0 Å². The van der Waals surface area contributed by atoms with Gasteiger partial charge in [-0.15, -0.1) is 0 Å². The van der Waals surface area contributed by atoms with Crippen molar-refractivity contribution < 1.29 is 33.3 Å². The SMILES string of the molecule is CCOc1ccc(C(=O)OCC(=O)Nc2cc(OC)c(OC)c(OC)c2)cc1. The van der Waals surface area contributed by atoms with Crippen molar-refractivity contribution in [1.29, 1.82) is 0 Å². The molecule has 28 heavy (non-hydrogen) atoms. The number of nitrogens with one attached hydrogen (secondary N) is 1. The van der Waals surface area contributed by atoms with Gasteiger partial charge in [-0.2, -0.15) is 0 Å². The molecule has 1 amide bonds. The van der Waals surface area contributed by atoms with Gasteiger partial charge in [-0.1, -0.05) is 0 Å². The van der Waals surface area contributed by atoms with Crippen molar-refractivity contribution in [1.82, 2.24) is 0 Å². The number of carbonyl (C=O) groups is 2. The Kier molecular flexibility index (Phi) is 7.50. The third-order valence-corrected chi connectivity index (χ3v) is 3.68. The van der Waals surface area contributed by atoms with Crippen LogP contribution >= 0.6 is 0 Å². The van der Waals surface area contributed by atoms with E-state index in [-0.39, 0.29) is 0 Å². The molecule has 0 bridgehead atoms. The van der Waals surface area contributed by atoms with Crippen LogP contribution in [0.3, 0.4) is 0 Å². The molecule has 8 heteroatoms. The van der Waals surface area contributed by atoms with Crippen LogP contribution in [0, 0.1) is 0 Å². The summed E-state index contributed by atoms with van der Waals surface area (Å²) in [5, 5.41) is 2.62. The third kappa shape index (κ3) is 5.29. The van der Waals surface area contributed by atoms with E-state index in [4.69, 9.17) is 23.7 Å². The molecule has 0 heterocycles. The molecule has 0 aromatic heterocycles. The number of hydrogen-bond acceptors (Lipinski definition) is 7. The maximum absolute atomic E-state index is 12.1. The number of esters is 1. The molecule has 0 aliphatic carbocycles. The van der Waals surface area contributed by atoms with Crippen LogP contribution < -0.4 is 24.3 Å². The second-order valence-corrected chi connectivity index (χ2v) is 5.50. The Bertz CT molecular complexity index is 793. The second kappa shape index (κ2) is 10.1. The van der Waals surface area contributed by atoms with Crippen LogP contribution in [0.1, 0.15) is 17.3 Å². The van der Waals surface area contributed by atoms with Crippen molar-refractivity contribution in [3.63, 3.8) is 0 Å². The predicted molar refractivity (Wildman–Crippen MR) is 103 cm³/mol. The number of amides is 1. The molecular weight excluding hydrogens is 366 g/mol. The molecule has 2 aromatic rings. The van der Waals surface area contributed by atoms with Gasteiger partial charge >= 0.3 is 5.97 Å². The van der Waals surface area contributed by atoms with Crippen LogP contribution in [0.4, 0.5) is 5.69 Å². The number of benzene rings is 2. The summed E-state index contributed by atoms with van der Waals surface area (Å²) in [5.41, 5.74) is 0.737. The molecule has 0 fully saturated rings. The van der Waals surface area contributed by atoms with E-state index in [1.807, 2.05) is 6.92 Å². The average Bonchev–Trinajstić information content (AvgIpc) is 2.72. The first-order valence-corrected chi connectivity index (χ1v) is 8.52. The first kappa shape index (κ1) is 20.9. The zero-order valence-electron chi connectivity index (χ0n) is 16.2. The van der Waals surface area contributed by atoms with E-state index >= 15 is 0 Å². The summed E-state index contributed by atoms with van der Waals surface area (Å²) in [6.07, 6.45) is 0. The molecule has 0 saturated heterocycles. The Morgan fingerprint density at radius 2 is 1.54 bits per heavy atom. The van der Waals surface area contributed by atoms with Gasteiger partial charge < -0.3 is 29.0 Å². The van der Waals surface area contributed by atoms with Gasteiger partial charge in [-0.3, -0.25) is 4.79 Å². The van der Waals surface area contributed by atoms with E-state index in [0.717, 1.165) is 0 Å². The predicted octanol–water partition coefficient (Wildman–Crippen LogP) is 2.91. The molecule has 0 aliphatic heterocycles. The van der Waals surface area contributed by atoms with E-state index in [2.05, 4.69) is 5.32 Å². The van der Waals surface area contributed by atoms with Gasteiger partial charge in [0.15, 0.2) is 18.1 Å². The van der Waals surface area contributed by atoms with E-state index in [1.165, 1.54) is 21.3 Å². The topological polar surface area (TPSA) is 92.3 Å². The van der Waals surface area contributed by atoms with Crippen molar-refractivity contribution in [2.24, 2.45) is 0 Å². The number of rotatable bonds is 9. The number of hydrogen-bond donors (Lipinski definition) is 1. The van der Waals surface area contributed by atoms with Gasteiger partial charge in [0, 0.05) is 17.8 Å². The van der Waals surface area contributed by atoms with Gasteiger partial charge in [0.2, 0.25) is 5.75 Å². The highest BCUT2D eigenvalue weighted by Crippen LogP contribution is 2.39. The van der Waals surface area contributed by atoms with Crippen molar-refractivity contribution in [2.75, 3.05) is 39.9 Å². The maximum Gasteiger partial charge on any atom is 0.338 e. The lowest BCUT2D eigenvalue weighted by atomic mass is 10.2. The van der Waals surface area contributed by atoms with Gasteiger partial charge in [0.25, 0.3) is 5.91 Å². The minimum absolute atomic E-state index is 0.323. The molecule has 0 aliphatic rings. The fourth-order valence-electron chi connectivity index (χ4n) is 2.42. The molecule has 0 atom stereocenters. The van der Waals surface area contributed by atoms with Gasteiger partial charge in [0.05, 0.1) is 33.5 Å². The standard InChI is InChI=1S/C20H23NO7/c1-5-27-15-8-6-13(7-9-15)20(23)28-12-18(22)21-14-10-16(24-2)19(26-4)17(11-14)25-3/h6-11H,5,12H2,1-4H3,(H,21,22). The minimum atomic E-state index is -0.608. The highest BCUT2D eigenvalue weighted by atomic mass is 16.5. The van der Waals surface area contributed by atoms with Crippen molar-refractivity contribution in [3.05, 3.63) is 42.0 Å². The summed E-state index contributed by atoms with van der Waals surface area (Å²) in [5.74, 6) is 0.729. The second-order valence-electron chi connectivity index (χ2n) is 5.50. The van der Waals surface area contributed by atoms with Crippen LogP contribution in [-0.4, -0.2) is 46.4 Å². The molecule has 2 aromatic carbocycles. The number of ether oxygens (including phenoxy) is 5. The summed E-state index contributed by atoms with van der Waals surface area (Å²) < 4.78 is 26.0. The lowest BCUT2D eigenvalue weighted by Crippen LogP contribution is -2.21. The maximum atomic E-state index is 12.1. The average molecular weight is 389 g/mol. The smallest absolute Gasteiger partial charge is 0.338 e. The summed E-state index contributed by atoms with van der Waals surface area (Å²) in [6, 6.07) is 9.63. The normalized spacial score (nSPS) is 10.0. The summed E-state index contributed by atoms with van der Waals surface area (Å²) in [4.78, 5) is 24.2. The van der Waals surface area contributed by atoms with E-state index in [0.29, 0.717) is 40.9 Å². The molecule has 150 valence electrons. The Balaban J connectivity index is 1.97. The lowest BCUT2D eigenvalue weighted by molar-refractivity contribution is -0.119. The van der Waals surface area contributed by atoms with E-state index in [9.17, 15) is 9.59 Å². The molecule has 2 rings (SSSR count). The van der Waals surface area contributed by atoms with Gasteiger partial charge in [-0.25, -0.2) is 4.79 Å². The minimum Gasteiger partial charge on any atom is -0.494 e. The summed E-state index contributed by atoms with van der Waals surface area (Å²) in [6.45, 7) is 1.96. The lowest BCUT2D eigenvalue weighted by Gasteiger charge is -2.14. The summed E-state index contributed by atoms with van der Waals surface area (Å²) in [7, 11) is 4.43. The van der Waals surface area contributed by atoms with E-state index < -0.39 is 18.5 Å². The largest absolute Gasteiger partial charge is 0.494 e. The Labute approximate surface area is 163 Å². The zero-order valence-corrected chi connectivity index (χ0v) is 16.2. The quantitative estimate of drug-likeness (QED) is 0.659. The van der Waals surface area contributed by atoms with Crippen molar-refractivity contribution >= 4 is 17.6 Å². The molecular formula is C20H23NO7. The van der Waals surface area contributed by atoms with Crippen LogP contribution in [0.25, 0.3) is 0 Å². The fourth-order valence-corrected chi connectivity index (χ4v) is 2.42. The summed E-state index contributed by atoms with van der Waals surface area (Å²) >= 11 is 0. The molecule has 0 unspecified atom stereocenters. The number of anilines is 1. The van der Waals surface area contributed by atoms with Crippen LogP contribution in [0.5, 0.6) is 23.0 Å². The van der Waals surface area contributed by atoms with Gasteiger partial charge in [-0.05, 0) is 31.2 Å². The first-order chi connectivity index (χ1) is 13.5. The van der Waals surface area contributed by atoms with Crippen LogP contribution in [-0.2, 0) is 9.53 Å². The Morgan fingerprint density at radius 3 is 2.04 bits per heavy atom. The van der Waals surface area contributed by atoms with Crippen LogP contribution in [0.15, 0.2) is 36.4 Å². The highest BCUT2D eigenvalue weighted by molar-refractivity contribution is 5.96. The third-order valence-electron chi connectivity index (χ3n) is 3.68. The van der Waals surface area contributed by atoms with Crippen molar-refractivity contribution in [2.45, 2.75) is 6.92 Å². The molecule has 0 saturated carbocycles. The number of methoxy groups -OCH3 is 3. The molecule has 1 N–H and O–H groups in total. The molecule has 8 nitrogen and oxygen atoms in total. The number of carbonyl (C=O) groups excluding carboxylic acids is 2. The van der Waals surface area contributed by atoms with Gasteiger partial charge in [0.1, 0.15) is 5.75 Å². The Hall–Kier alpha value is -3.42. The molecule has 0 radical (unpaired) electrons. The monoisotopic (exact) mass is 389 g/mol. The zero-order chi connectivity index (χ0) is 20.5. The van der Waals surface area contributed by atoms with E-state index in [1.54, 1.807) is 36.4 Å². The molecule has 0 spiro atoms. The Morgan fingerprint density at radius 1 is 0.929 bits per heavy atom. The first-order valence-electron chi connectivity index (χ1n) is 8.52. The van der Waals surface area contributed by atoms with Crippen molar-refractivity contribution in [3.8, 4) is 23.0 Å². The fraction of sp³-hybridized carbons (Fsp3) is 0.300.